The lowest BCUT2D eigenvalue weighted by Gasteiger charge is -2.40. The van der Waals surface area contributed by atoms with Crippen LogP contribution in [-0.2, 0) is 5.41 Å². The fraction of sp³-hybridized carbons (Fsp3) is 0.130. The van der Waals surface area contributed by atoms with Crippen molar-refractivity contribution in [3.63, 3.8) is 0 Å². The fourth-order valence-electron chi connectivity index (χ4n) is 8.22. The monoisotopic (exact) mass is 620 g/mol. The van der Waals surface area contributed by atoms with Crippen molar-refractivity contribution in [3.8, 4) is 22.3 Å². The fourth-order valence-corrected chi connectivity index (χ4v) is 9.47. The summed E-state index contributed by atoms with van der Waals surface area (Å²) in [4.78, 5) is 1.39. The van der Waals surface area contributed by atoms with Crippen LogP contribution in [0.4, 0.5) is 0 Å². The van der Waals surface area contributed by atoms with Gasteiger partial charge in [0.15, 0.2) is 0 Å². The number of aryl methyl sites for hydroxylation is 1. The summed E-state index contributed by atoms with van der Waals surface area (Å²) < 4.78 is 0. The average Bonchev–Trinajstić information content (AvgIpc) is 3.74. The molecular weight excluding hydrogens is 585 g/mol. The molecule has 47 heavy (non-hydrogen) atoms. The van der Waals surface area contributed by atoms with Gasteiger partial charge in [0.2, 0.25) is 0 Å². The van der Waals surface area contributed by atoms with E-state index in [1.54, 1.807) is 0 Å². The van der Waals surface area contributed by atoms with E-state index in [9.17, 15) is 0 Å². The molecular formula is C46H36S. The van der Waals surface area contributed by atoms with Crippen molar-refractivity contribution < 1.29 is 0 Å². The molecule has 0 N–H and O–H groups in total. The van der Waals surface area contributed by atoms with E-state index in [2.05, 4.69) is 171 Å². The first kappa shape index (κ1) is 28.4. The lowest BCUT2D eigenvalue weighted by atomic mass is 9.62. The maximum atomic E-state index is 2.54. The predicted molar refractivity (Wildman–Crippen MR) is 202 cm³/mol. The Morgan fingerprint density at radius 1 is 0.596 bits per heavy atom. The van der Waals surface area contributed by atoms with Crippen LogP contribution in [0.1, 0.15) is 51.5 Å². The lowest BCUT2D eigenvalue weighted by molar-refractivity contribution is 0.457. The number of thioether (sulfide) groups is 1. The number of hydrogen-bond donors (Lipinski definition) is 0. The molecule has 0 radical (unpaired) electrons. The molecule has 0 spiro atoms. The highest BCUT2D eigenvalue weighted by atomic mass is 32.2. The van der Waals surface area contributed by atoms with Crippen LogP contribution in [0, 0.1) is 12.8 Å². The average molecular weight is 621 g/mol. The molecule has 6 aromatic rings. The lowest BCUT2D eigenvalue weighted by Crippen LogP contribution is -2.35. The summed E-state index contributed by atoms with van der Waals surface area (Å²) in [6, 6.07) is 50.5. The first-order valence-electron chi connectivity index (χ1n) is 16.8. The minimum atomic E-state index is -0.314. The molecule has 3 atom stereocenters. The van der Waals surface area contributed by atoms with Gasteiger partial charge in [-0.05, 0) is 105 Å². The van der Waals surface area contributed by atoms with Crippen LogP contribution >= 0.6 is 11.8 Å². The number of hydrogen-bond acceptors (Lipinski definition) is 1. The summed E-state index contributed by atoms with van der Waals surface area (Å²) in [5.74, 6) is 0.291. The van der Waals surface area contributed by atoms with Crippen LogP contribution < -0.4 is 0 Å². The zero-order valence-electron chi connectivity index (χ0n) is 26.6. The largest absolute Gasteiger partial charge is 0.117 e. The number of rotatable bonds is 5. The Morgan fingerprint density at radius 2 is 1.28 bits per heavy atom. The molecule has 0 amide bonds. The molecule has 1 aliphatic heterocycles. The Hall–Kier alpha value is -4.85. The van der Waals surface area contributed by atoms with E-state index in [1.807, 2.05) is 11.8 Å². The van der Waals surface area contributed by atoms with Crippen molar-refractivity contribution in [2.75, 3.05) is 0 Å². The molecule has 6 aromatic carbocycles. The second kappa shape index (κ2) is 11.4. The van der Waals surface area contributed by atoms with Gasteiger partial charge in [-0.15, -0.1) is 11.8 Å². The van der Waals surface area contributed by atoms with Gasteiger partial charge >= 0.3 is 0 Å². The SMILES string of the molecule is Cc1ccc(C2(C3C=CC=CC3)c3cc(C4=CCC(c5ccccc5)S4)ccc3-c3ccc(-c4ccc5ccccc5c4)cc32)cc1. The summed E-state index contributed by atoms with van der Waals surface area (Å²) >= 11 is 2.02. The van der Waals surface area contributed by atoms with Gasteiger partial charge in [0, 0.05) is 10.2 Å². The third-order valence-electron chi connectivity index (χ3n) is 10.5. The van der Waals surface area contributed by atoms with E-state index in [0.29, 0.717) is 11.2 Å². The van der Waals surface area contributed by atoms with Crippen LogP contribution in [0.25, 0.3) is 37.9 Å². The Balaban J connectivity index is 1.24. The normalized spacial score (nSPS) is 21.1. The van der Waals surface area contributed by atoms with Crippen LogP contribution in [0.2, 0.25) is 0 Å². The van der Waals surface area contributed by atoms with Crippen LogP contribution in [0.15, 0.2) is 164 Å². The molecule has 1 heteroatoms. The smallest absolute Gasteiger partial charge is 0.0529 e. The molecule has 226 valence electrons. The summed E-state index contributed by atoms with van der Waals surface area (Å²) in [6.45, 7) is 2.19. The third kappa shape index (κ3) is 4.68. The molecule has 1 heterocycles. The van der Waals surface area contributed by atoms with Crippen molar-refractivity contribution >= 4 is 27.4 Å². The zero-order chi connectivity index (χ0) is 31.4. The predicted octanol–water partition coefficient (Wildman–Crippen LogP) is 12.5. The molecule has 2 aliphatic carbocycles. The first-order chi connectivity index (χ1) is 23.2. The summed E-state index contributed by atoms with van der Waals surface area (Å²) in [5.41, 5.74) is 13.2. The number of allylic oxidation sites excluding steroid dienone is 5. The van der Waals surface area contributed by atoms with E-state index in [0.717, 1.165) is 12.8 Å². The first-order valence-corrected chi connectivity index (χ1v) is 17.7. The zero-order valence-corrected chi connectivity index (χ0v) is 27.4. The minimum Gasteiger partial charge on any atom is -0.117 e. The van der Waals surface area contributed by atoms with E-state index >= 15 is 0 Å². The van der Waals surface area contributed by atoms with Gasteiger partial charge in [-0.1, -0.05) is 151 Å². The Kier molecular flexibility index (Phi) is 6.91. The van der Waals surface area contributed by atoms with Gasteiger partial charge in [-0.25, -0.2) is 0 Å². The van der Waals surface area contributed by atoms with E-state index in [-0.39, 0.29) is 5.41 Å². The quantitative estimate of drug-likeness (QED) is 0.185. The van der Waals surface area contributed by atoms with E-state index in [4.69, 9.17) is 0 Å². The molecule has 3 aliphatic rings. The van der Waals surface area contributed by atoms with Gasteiger partial charge in [0.1, 0.15) is 0 Å². The molecule has 0 saturated carbocycles. The van der Waals surface area contributed by atoms with Gasteiger partial charge in [-0.2, -0.15) is 0 Å². The highest BCUT2D eigenvalue weighted by Gasteiger charge is 2.49. The Morgan fingerprint density at radius 3 is 2.04 bits per heavy atom. The third-order valence-corrected chi connectivity index (χ3v) is 12.0. The van der Waals surface area contributed by atoms with Gasteiger partial charge in [-0.3, -0.25) is 0 Å². The summed E-state index contributed by atoms with van der Waals surface area (Å²) in [7, 11) is 0. The molecule has 0 saturated heterocycles. The topological polar surface area (TPSA) is 0 Å². The second-order valence-electron chi connectivity index (χ2n) is 13.2. The number of benzene rings is 6. The van der Waals surface area contributed by atoms with Crippen molar-refractivity contribution in [2.45, 2.75) is 30.4 Å². The van der Waals surface area contributed by atoms with Crippen molar-refractivity contribution in [2.24, 2.45) is 5.92 Å². The van der Waals surface area contributed by atoms with Gasteiger partial charge in [0.05, 0.1) is 5.41 Å². The van der Waals surface area contributed by atoms with E-state index in [1.165, 1.54) is 71.3 Å². The summed E-state index contributed by atoms with van der Waals surface area (Å²) in [5, 5.41) is 3.02. The maximum absolute atomic E-state index is 2.54. The van der Waals surface area contributed by atoms with Crippen LogP contribution in [0.5, 0.6) is 0 Å². The van der Waals surface area contributed by atoms with Gasteiger partial charge in [0.25, 0.3) is 0 Å². The standard InChI is InChI=1S/C46H36S/c1-31-16-22-39(23-17-31)46(38-14-6-3-7-15-38)42-29-36(35-19-18-32-10-8-9-13-34(32)28-35)20-24-40(42)41-25-21-37(30-43(41)46)45-27-26-44(47-45)33-11-4-2-5-12-33/h2-14,16-25,27-30,38,44H,15,26H2,1H3. The Bertz CT molecular complexity index is 2230. The molecule has 0 fully saturated rings. The van der Waals surface area contributed by atoms with Crippen molar-refractivity contribution in [3.05, 3.63) is 197 Å². The highest BCUT2D eigenvalue weighted by Crippen LogP contribution is 2.59. The molecule has 0 nitrogen and oxygen atoms in total. The minimum absolute atomic E-state index is 0.291. The van der Waals surface area contributed by atoms with Crippen molar-refractivity contribution in [1.82, 2.24) is 0 Å². The number of fused-ring (bicyclic) bond motifs is 4. The van der Waals surface area contributed by atoms with Gasteiger partial charge < -0.3 is 0 Å². The molecule has 9 rings (SSSR count). The Labute approximate surface area is 282 Å². The highest BCUT2D eigenvalue weighted by molar-refractivity contribution is 8.08. The van der Waals surface area contributed by atoms with Crippen LogP contribution in [0.3, 0.4) is 0 Å². The van der Waals surface area contributed by atoms with Crippen molar-refractivity contribution in [1.29, 1.82) is 0 Å². The summed E-state index contributed by atoms with van der Waals surface area (Å²) in [6.07, 6.45) is 13.8. The van der Waals surface area contributed by atoms with E-state index < -0.39 is 0 Å². The molecule has 0 bridgehead atoms. The second-order valence-corrected chi connectivity index (χ2v) is 14.5. The maximum Gasteiger partial charge on any atom is 0.0529 e. The molecule has 0 aromatic heterocycles. The van der Waals surface area contributed by atoms with Crippen LogP contribution in [-0.4, -0.2) is 0 Å². The molecule has 3 unspecified atom stereocenters.